The summed E-state index contributed by atoms with van der Waals surface area (Å²) in [5.74, 6) is 1.01. The van der Waals surface area contributed by atoms with Crippen molar-refractivity contribution in [3.8, 4) is 11.5 Å². The number of para-hydroxylation sites is 2. The molecule has 0 aliphatic carbocycles. The van der Waals surface area contributed by atoms with Crippen molar-refractivity contribution in [3.05, 3.63) is 72.8 Å². The van der Waals surface area contributed by atoms with E-state index in [0.717, 1.165) is 11.3 Å². The van der Waals surface area contributed by atoms with Crippen LogP contribution >= 0.6 is 0 Å². The lowest BCUT2D eigenvalue weighted by Gasteiger charge is -2.31. The maximum absolute atomic E-state index is 12.7. The Morgan fingerprint density at radius 1 is 1.15 bits per heavy atom. The lowest BCUT2D eigenvalue weighted by Crippen LogP contribution is -2.46. The maximum Gasteiger partial charge on any atom is 0.269 e. The third-order valence-electron chi connectivity index (χ3n) is 4.22. The molecule has 2 heterocycles. The van der Waals surface area contributed by atoms with Gasteiger partial charge in [-0.3, -0.25) is 4.79 Å². The lowest BCUT2D eigenvalue weighted by atomic mass is 10.1. The number of imidazole rings is 1. The van der Waals surface area contributed by atoms with Crippen LogP contribution < -0.4 is 14.8 Å². The minimum Gasteiger partial charge on any atom is -0.482 e. The van der Waals surface area contributed by atoms with Gasteiger partial charge in [-0.25, -0.2) is 4.98 Å². The SMILES string of the molecule is CC1Oc2ccccc2OC1C(=O)Nc1cccc(Cn2ccnc2)c1. The number of carbonyl (C=O) groups is 1. The number of hydrogen-bond acceptors (Lipinski definition) is 4. The molecule has 0 bridgehead atoms. The molecule has 0 spiro atoms. The number of amides is 1. The standard InChI is InChI=1S/C20H19N3O3/c1-14-19(26-18-8-3-2-7-17(18)25-14)20(24)22-16-6-4-5-15(11-16)12-23-10-9-21-13-23/h2-11,13-14,19H,12H2,1H3,(H,22,24). The van der Waals surface area contributed by atoms with Crippen LogP contribution in [0.2, 0.25) is 0 Å². The van der Waals surface area contributed by atoms with Gasteiger partial charge in [-0.1, -0.05) is 24.3 Å². The number of fused-ring (bicyclic) bond motifs is 1. The molecule has 1 aliphatic heterocycles. The minimum atomic E-state index is -0.706. The average Bonchev–Trinajstić information content (AvgIpc) is 3.14. The quantitative estimate of drug-likeness (QED) is 0.786. The molecular weight excluding hydrogens is 330 g/mol. The first-order chi connectivity index (χ1) is 12.7. The van der Waals surface area contributed by atoms with E-state index in [1.165, 1.54) is 0 Å². The van der Waals surface area contributed by atoms with Crippen LogP contribution in [0.1, 0.15) is 12.5 Å². The van der Waals surface area contributed by atoms with Crippen molar-refractivity contribution in [3.63, 3.8) is 0 Å². The van der Waals surface area contributed by atoms with E-state index in [0.29, 0.717) is 18.0 Å². The zero-order valence-corrected chi connectivity index (χ0v) is 14.3. The van der Waals surface area contributed by atoms with Crippen molar-refractivity contribution in [2.24, 2.45) is 0 Å². The Balaban J connectivity index is 1.46. The van der Waals surface area contributed by atoms with Crippen molar-refractivity contribution >= 4 is 11.6 Å². The van der Waals surface area contributed by atoms with E-state index in [2.05, 4.69) is 10.3 Å². The molecule has 1 aromatic heterocycles. The zero-order valence-electron chi connectivity index (χ0n) is 14.3. The van der Waals surface area contributed by atoms with Gasteiger partial charge in [0.05, 0.1) is 6.33 Å². The summed E-state index contributed by atoms with van der Waals surface area (Å²) < 4.78 is 13.6. The average molecular weight is 349 g/mol. The van der Waals surface area contributed by atoms with Crippen LogP contribution in [-0.2, 0) is 11.3 Å². The number of rotatable bonds is 4. The Labute approximate surface area is 151 Å². The number of hydrogen-bond donors (Lipinski definition) is 1. The number of nitrogens with one attached hydrogen (secondary N) is 1. The van der Waals surface area contributed by atoms with E-state index < -0.39 is 6.10 Å². The van der Waals surface area contributed by atoms with Gasteiger partial charge in [-0.05, 0) is 36.8 Å². The van der Waals surface area contributed by atoms with Crippen LogP contribution in [0.5, 0.6) is 11.5 Å². The van der Waals surface area contributed by atoms with E-state index in [1.807, 2.05) is 60.2 Å². The van der Waals surface area contributed by atoms with Crippen molar-refractivity contribution in [2.45, 2.75) is 25.7 Å². The highest BCUT2D eigenvalue weighted by atomic mass is 16.6. The van der Waals surface area contributed by atoms with E-state index >= 15 is 0 Å². The Morgan fingerprint density at radius 2 is 1.96 bits per heavy atom. The van der Waals surface area contributed by atoms with Crippen LogP contribution in [0.15, 0.2) is 67.3 Å². The van der Waals surface area contributed by atoms with Crippen molar-refractivity contribution in [1.29, 1.82) is 0 Å². The first kappa shape index (κ1) is 16.2. The van der Waals surface area contributed by atoms with E-state index in [4.69, 9.17) is 9.47 Å². The topological polar surface area (TPSA) is 65.4 Å². The molecular formula is C20H19N3O3. The Bertz CT molecular complexity index is 908. The second-order valence-corrected chi connectivity index (χ2v) is 6.23. The molecule has 1 amide bonds. The molecule has 0 fully saturated rings. The van der Waals surface area contributed by atoms with Crippen LogP contribution in [0.4, 0.5) is 5.69 Å². The van der Waals surface area contributed by atoms with Gasteiger partial charge in [0.25, 0.3) is 5.91 Å². The number of nitrogens with zero attached hydrogens (tertiary/aromatic N) is 2. The summed E-state index contributed by atoms with van der Waals surface area (Å²) in [6.45, 7) is 2.52. The highest BCUT2D eigenvalue weighted by Crippen LogP contribution is 2.33. The zero-order chi connectivity index (χ0) is 17.9. The fourth-order valence-corrected chi connectivity index (χ4v) is 2.96. The molecule has 132 valence electrons. The van der Waals surface area contributed by atoms with Gasteiger partial charge < -0.3 is 19.4 Å². The fraction of sp³-hybridized carbons (Fsp3) is 0.200. The van der Waals surface area contributed by atoms with E-state index in [9.17, 15) is 4.79 Å². The molecule has 6 nitrogen and oxygen atoms in total. The molecule has 4 rings (SSSR count). The van der Waals surface area contributed by atoms with Gasteiger partial charge in [-0.15, -0.1) is 0 Å². The molecule has 6 heteroatoms. The number of anilines is 1. The molecule has 0 saturated carbocycles. The third kappa shape index (κ3) is 3.39. The summed E-state index contributed by atoms with van der Waals surface area (Å²) in [5, 5.41) is 2.92. The van der Waals surface area contributed by atoms with Crippen LogP contribution in [0, 0.1) is 0 Å². The summed E-state index contributed by atoms with van der Waals surface area (Å²) in [4.78, 5) is 16.7. The Morgan fingerprint density at radius 3 is 2.73 bits per heavy atom. The monoisotopic (exact) mass is 349 g/mol. The van der Waals surface area contributed by atoms with Gasteiger partial charge in [0.15, 0.2) is 11.5 Å². The number of aromatic nitrogens is 2. The van der Waals surface area contributed by atoms with Gasteiger partial charge in [0.2, 0.25) is 6.10 Å². The summed E-state index contributed by atoms with van der Waals surface area (Å²) in [6.07, 6.45) is 4.32. The van der Waals surface area contributed by atoms with Crippen molar-refractivity contribution < 1.29 is 14.3 Å². The normalized spacial score (nSPS) is 18.3. The molecule has 2 atom stereocenters. The summed E-state index contributed by atoms with van der Waals surface area (Å²) in [7, 11) is 0. The Hall–Kier alpha value is -3.28. The van der Waals surface area contributed by atoms with Crippen LogP contribution in [0.25, 0.3) is 0 Å². The first-order valence-electron chi connectivity index (χ1n) is 8.47. The second-order valence-electron chi connectivity index (χ2n) is 6.23. The summed E-state index contributed by atoms with van der Waals surface area (Å²) in [5.41, 5.74) is 1.79. The minimum absolute atomic E-state index is 0.230. The first-order valence-corrected chi connectivity index (χ1v) is 8.47. The fourth-order valence-electron chi connectivity index (χ4n) is 2.96. The van der Waals surface area contributed by atoms with Crippen molar-refractivity contribution in [1.82, 2.24) is 9.55 Å². The highest BCUT2D eigenvalue weighted by Gasteiger charge is 2.34. The molecule has 0 saturated heterocycles. The summed E-state index contributed by atoms with van der Waals surface area (Å²) in [6, 6.07) is 15.1. The lowest BCUT2D eigenvalue weighted by molar-refractivity contribution is -0.128. The van der Waals surface area contributed by atoms with Gasteiger partial charge in [-0.2, -0.15) is 0 Å². The van der Waals surface area contributed by atoms with Gasteiger partial charge >= 0.3 is 0 Å². The smallest absolute Gasteiger partial charge is 0.269 e. The summed E-state index contributed by atoms with van der Waals surface area (Å²) >= 11 is 0. The molecule has 2 aromatic carbocycles. The Kier molecular flexibility index (Phi) is 4.31. The van der Waals surface area contributed by atoms with Crippen molar-refractivity contribution in [2.75, 3.05) is 5.32 Å². The largest absolute Gasteiger partial charge is 0.482 e. The molecule has 1 aliphatic rings. The van der Waals surface area contributed by atoms with Gasteiger partial charge in [0, 0.05) is 24.6 Å². The third-order valence-corrected chi connectivity index (χ3v) is 4.22. The predicted molar refractivity (Wildman–Crippen MR) is 97.3 cm³/mol. The molecule has 3 aromatic rings. The van der Waals surface area contributed by atoms with Crippen LogP contribution in [0.3, 0.4) is 0 Å². The van der Waals surface area contributed by atoms with Gasteiger partial charge in [0.1, 0.15) is 6.10 Å². The highest BCUT2D eigenvalue weighted by molar-refractivity contribution is 5.95. The predicted octanol–water partition coefficient (Wildman–Crippen LogP) is 3.10. The molecule has 0 radical (unpaired) electrons. The molecule has 26 heavy (non-hydrogen) atoms. The van der Waals surface area contributed by atoms with E-state index in [-0.39, 0.29) is 12.0 Å². The van der Waals surface area contributed by atoms with E-state index in [1.54, 1.807) is 18.6 Å². The molecule has 1 N–H and O–H groups in total. The number of ether oxygens (including phenoxy) is 2. The number of benzene rings is 2. The number of carbonyl (C=O) groups excluding carboxylic acids is 1. The van der Waals surface area contributed by atoms with Crippen LogP contribution in [-0.4, -0.2) is 27.7 Å². The maximum atomic E-state index is 12.7. The second kappa shape index (κ2) is 6.92. The molecule has 2 unspecified atom stereocenters.